The fourth-order valence-corrected chi connectivity index (χ4v) is 4.24. The Morgan fingerprint density at radius 2 is 1.97 bits per heavy atom. The van der Waals surface area contributed by atoms with Gasteiger partial charge in [0.25, 0.3) is 0 Å². The molecule has 0 spiro atoms. The molecule has 29 heavy (non-hydrogen) atoms. The van der Waals surface area contributed by atoms with Gasteiger partial charge in [0.15, 0.2) is 5.82 Å². The van der Waals surface area contributed by atoms with Crippen LogP contribution in [0, 0.1) is 0 Å². The van der Waals surface area contributed by atoms with E-state index in [0.717, 1.165) is 45.3 Å². The molecular formula is C21H27N5O3. The van der Waals surface area contributed by atoms with E-state index in [2.05, 4.69) is 55.4 Å². The summed E-state index contributed by atoms with van der Waals surface area (Å²) in [6, 6.07) is 8.16. The molecule has 4 rings (SSSR count). The molecule has 2 amide bonds. The van der Waals surface area contributed by atoms with E-state index < -0.39 is 11.8 Å². The Balaban J connectivity index is 1.46. The summed E-state index contributed by atoms with van der Waals surface area (Å²) >= 11 is 0. The first-order chi connectivity index (χ1) is 14.1. The van der Waals surface area contributed by atoms with Gasteiger partial charge >= 0.3 is 11.8 Å². The molecule has 2 aliphatic heterocycles. The number of carbonyl (C=O) groups excluding carboxylic acids is 2. The van der Waals surface area contributed by atoms with Crippen LogP contribution in [0.25, 0.3) is 0 Å². The van der Waals surface area contributed by atoms with E-state index in [4.69, 9.17) is 0 Å². The van der Waals surface area contributed by atoms with Crippen molar-refractivity contribution in [1.82, 2.24) is 15.4 Å². The van der Waals surface area contributed by atoms with Crippen molar-refractivity contribution in [3.63, 3.8) is 0 Å². The van der Waals surface area contributed by atoms with Crippen LogP contribution in [0.2, 0.25) is 0 Å². The van der Waals surface area contributed by atoms with Gasteiger partial charge in [0.2, 0.25) is 0 Å². The van der Waals surface area contributed by atoms with Gasteiger partial charge in [0, 0.05) is 31.9 Å². The number of likely N-dealkylation sites (tertiary alicyclic amines) is 1. The molecule has 1 saturated heterocycles. The highest BCUT2D eigenvalue weighted by atomic mass is 16.5. The highest BCUT2D eigenvalue weighted by Gasteiger charge is 2.26. The fraction of sp³-hybridized carbons (Fsp3) is 0.476. The second-order valence-electron chi connectivity index (χ2n) is 7.72. The van der Waals surface area contributed by atoms with Gasteiger partial charge in [-0.05, 0) is 56.0 Å². The van der Waals surface area contributed by atoms with E-state index in [0.29, 0.717) is 6.54 Å². The first kappa shape index (κ1) is 19.4. The van der Waals surface area contributed by atoms with E-state index in [1.165, 1.54) is 29.1 Å². The van der Waals surface area contributed by atoms with Crippen LogP contribution >= 0.6 is 0 Å². The quantitative estimate of drug-likeness (QED) is 0.750. The topological polar surface area (TPSA) is 90.7 Å². The fourth-order valence-electron chi connectivity index (χ4n) is 4.24. The average molecular weight is 397 g/mol. The molecule has 8 nitrogen and oxygen atoms in total. The van der Waals surface area contributed by atoms with Gasteiger partial charge in [-0.2, -0.15) is 0 Å². The van der Waals surface area contributed by atoms with E-state index in [1.54, 1.807) is 0 Å². The number of anilines is 2. The van der Waals surface area contributed by atoms with Crippen molar-refractivity contribution < 1.29 is 14.1 Å². The summed E-state index contributed by atoms with van der Waals surface area (Å²) in [7, 11) is 2.13. The van der Waals surface area contributed by atoms with Gasteiger partial charge in [-0.1, -0.05) is 17.3 Å². The Bertz CT molecular complexity index is 861. The highest BCUT2D eigenvalue weighted by Crippen LogP contribution is 2.31. The molecule has 1 aromatic heterocycles. The molecule has 1 atom stereocenters. The Morgan fingerprint density at radius 1 is 1.14 bits per heavy atom. The summed E-state index contributed by atoms with van der Waals surface area (Å²) in [6.07, 6.45) is 5.88. The SMILES string of the molecule is CN1CCCc2cc([C@H](CNC(=O)C(=O)Nc3ccon3)N3CCCC3)ccc21. The summed E-state index contributed by atoms with van der Waals surface area (Å²) < 4.78 is 4.67. The van der Waals surface area contributed by atoms with Crippen LogP contribution in [0.4, 0.5) is 11.5 Å². The summed E-state index contributed by atoms with van der Waals surface area (Å²) in [5, 5.41) is 8.82. The third-order valence-corrected chi connectivity index (χ3v) is 5.76. The largest absolute Gasteiger partial charge is 0.374 e. The van der Waals surface area contributed by atoms with Gasteiger partial charge in [-0.25, -0.2) is 0 Å². The van der Waals surface area contributed by atoms with Gasteiger partial charge in [-0.3, -0.25) is 19.8 Å². The number of rotatable bonds is 5. The summed E-state index contributed by atoms with van der Waals surface area (Å²) in [4.78, 5) is 29.1. The van der Waals surface area contributed by atoms with Crippen LogP contribution in [0.5, 0.6) is 0 Å². The number of nitrogens with zero attached hydrogens (tertiary/aromatic N) is 3. The maximum absolute atomic E-state index is 12.3. The van der Waals surface area contributed by atoms with Crippen molar-refractivity contribution >= 4 is 23.3 Å². The number of amides is 2. The molecule has 2 aliphatic rings. The second-order valence-corrected chi connectivity index (χ2v) is 7.72. The molecule has 0 unspecified atom stereocenters. The van der Waals surface area contributed by atoms with Gasteiger partial charge in [-0.15, -0.1) is 0 Å². The maximum atomic E-state index is 12.3. The molecule has 0 aliphatic carbocycles. The van der Waals surface area contributed by atoms with Crippen LogP contribution < -0.4 is 15.5 Å². The van der Waals surface area contributed by atoms with E-state index in [1.807, 2.05) is 0 Å². The Kier molecular flexibility index (Phi) is 5.80. The van der Waals surface area contributed by atoms with Crippen LogP contribution in [0.15, 0.2) is 35.1 Å². The highest BCUT2D eigenvalue weighted by molar-refractivity contribution is 6.39. The number of aryl methyl sites for hydroxylation is 1. The van der Waals surface area contributed by atoms with Gasteiger partial charge < -0.3 is 14.7 Å². The zero-order valence-electron chi connectivity index (χ0n) is 16.7. The first-order valence-electron chi connectivity index (χ1n) is 10.2. The lowest BCUT2D eigenvalue weighted by Crippen LogP contribution is -2.41. The first-order valence-corrected chi connectivity index (χ1v) is 10.2. The van der Waals surface area contributed by atoms with Crippen LogP contribution in [0.3, 0.4) is 0 Å². The molecule has 0 bridgehead atoms. The predicted molar refractivity (Wildman–Crippen MR) is 110 cm³/mol. The Hall–Kier alpha value is -2.87. The Morgan fingerprint density at radius 3 is 2.72 bits per heavy atom. The lowest BCUT2D eigenvalue weighted by atomic mass is 9.96. The van der Waals surface area contributed by atoms with Crippen LogP contribution in [-0.4, -0.2) is 55.1 Å². The number of carbonyl (C=O) groups is 2. The number of fused-ring (bicyclic) bond motifs is 1. The van der Waals surface area contributed by atoms with Crippen molar-refractivity contribution in [2.24, 2.45) is 0 Å². The molecule has 1 aromatic carbocycles. The van der Waals surface area contributed by atoms with Gasteiger partial charge in [0.1, 0.15) is 6.26 Å². The summed E-state index contributed by atoms with van der Waals surface area (Å²) in [5.74, 6) is -1.19. The van der Waals surface area contributed by atoms with Gasteiger partial charge in [0.05, 0.1) is 6.04 Å². The molecule has 0 saturated carbocycles. The van der Waals surface area contributed by atoms with Crippen molar-refractivity contribution in [3.8, 4) is 0 Å². The minimum absolute atomic E-state index is 0.0545. The summed E-state index contributed by atoms with van der Waals surface area (Å²) in [6.45, 7) is 3.48. The zero-order valence-corrected chi connectivity index (χ0v) is 16.7. The number of nitrogens with one attached hydrogen (secondary N) is 2. The second kappa shape index (κ2) is 8.65. The van der Waals surface area contributed by atoms with E-state index in [9.17, 15) is 9.59 Å². The predicted octanol–water partition coefficient (Wildman–Crippen LogP) is 1.95. The van der Waals surface area contributed by atoms with Crippen molar-refractivity contribution in [2.75, 3.05) is 43.4 Å². The smallest absolute Gasteiger partial charge is 0.314 e. The standard InChI is InChI=1S/C21H27N5O3/c1-25-9-4-5-15-13-16(6-7-17(15)25)18(26-10-2-3-11-26)14-22-20(27)21(28)23-19-8-12-29-24-19/h6-8,12-13,18H,2-5,9-11,14H2,1H3,(H,22,27)(H,23,24,28)/t18-/m0/s1. The van der Waals surface area contributed by atoms with Crippen LogP contribution in [-0.2, 0) is 16.0 Å². The zero-order chi connectivity index (χ0) is 20.2. The molecular weight excluding hydrogens is 370 g/mol. The lowest BCUT2D eigenvalue weighted by Gasteiger charge is -2.31. The normalized spacial score (nSPS) is 17.6. The molecule has 1 fully saturated rings. The lowest BCUT2D eigenvalue weighted by molar-refractivity contribution is -0.136. The third kappa shape index (κ3) is 4.42. The van der Waals surface area contributed by atoms with Crippen molar-refractivity contribution in [1.29, 1.82) is 0 Å². The number of hydrogen-bond donors (Lipinski definition) is 2. The minimum Gasteiger partial charge on any atom is -0.374 e. The number of hydrogen-bond acceptors (Lipinski definition) is 6. The van der Waals surface area contributed by atoms with Crippen molar-refractivity contribution in [2.45, 2.75) is 31.7 Å². The molecule has 0 radical (unpaired) electrons. The Labute approximate surface area is 170 Å². The minimum atomic E-state index is -0.744. The van der Waals surface area contributed by atoms with E-state index >= 15 is 0 Å². The monoisotopic (exact) mass is 397 g/mol. The van der Waals surface area contributed by atoms with E-state index in [-0.39, 0.29) is 11.9 Å². The third-order valence-electron chi connectivity index (χ3n) is 5.76. The van der Waals surface area contributed by atoms with Crippen molar-refractivity contribution in [3.05, 3.63) is 41.7 Å². The van der Waals surface area contributed by atoms with Crippen LogP contribution in [0.1, 0.15) is 36.4 Å². The molecule has 154 valence electrons. The number of aromatic nitrogens is 1. The molecule has 2 aromatic rings. The average Bonchev–Trinajstić information content (AvgIpc) is 3.42. The number of benzene rings is 1. The summed E-state index contributed by atoms with van der Waals surface area (Å²) in [5.41, 5.74) is 3.84. The molecule has 8 heteroatoms. The molecule has 2 N–H and O–H groups in total. The maximum Gasteiger partial charge on any atom is 0.314 e. The molecule has 3 heterocycles.